The van der Waals surface area contributed by atoms with Gasteiger partial charge in [-0.15, -0.1) is 11.3 Å². The SMILES string of the molecule is c1ccc(-c2cc(-c3ccc(-c4ccc(-c5cccc(-c6nc(-c7ccccc7)nc(-c7cccc8c7sc7cc(-c9ccc%10c(c9)c9ccccc9n%10-c9ccccc9)ccc78)n6)c5)cc4)cc3)nc(-c3cccc4oc5ccc(-n6c7ccccc7c7ccccc76)cc5c34)n2)cc1. The highest BCUT2D eigenvalue weighted by Gasteiger charge is 2.22. The Morgan fingerprint density at radius 1 is 0.240 bits per heavy atom. The third kappa shape index (κ3) is 9.62. The van der Waals surface area contributed by atoms with Crippen LogP contribution < -0.4 is 0 Å². The molecule has 0 bridgehead atoms. The first-order valence-corrected chi connectivity index (χ1v) is 34.4. The molecule has 20 rings (SSSR count). The molecule has 0 amide bonds. The molecule has 0 aliphatic rings. The molecule has 8 nitrogen and oxygen atoms in total. The molecule has 0 saturated heterocycles. The Balaban J connectivity index is 0.612. The highest BCUT2D eigenvalue weighted by Crippen LogP contribution is 2.45. The van der Waals surface area contributed by atoms with Gasteiger partial charge in [-0.2, -0.15) is 0 Å². The lowest BCUT2D eigenvalue weighted by atomic mass is 9.98. The Hall–Kier alpha value is -13.2. The Labute approximate surface area is 578 Å². The van der Waals surface area contributed by atoms with Crippen LogP contribution in [0.4, 0.5) is 0 Å². The van der Waals surface area contributed by atoms with Crippen molar-refractivity contribution in [3.63, 3.8) is 0 Å². The number of rotatable bonds is 11. The van der Waals surface area contributed by atoms with Gasteiger partial charge in [-0.25, -0.2) is 24.9 Å². The zero-order chi connectivity index (χ0) is 65.8. The Morgan fingerprint density at radius 2 is 0.710 bits per heavy atom. The molecule has 0 spiro atoms. The predicted molar refractivity (Wildman–Crippen MR) is 413 cm³/mol. The van der Waals surface area contributed by atoms with E-state index in [0.717, 1.165) is 116 Å². The van der Waals surface area contributed by atoms with Crippen LogP contribution in [-0.2, 0) is 0 Å². The van der Waals surface area contributed by atoms with Crippen molar-refractivity contribution in [2.75, 3.05) is 0 Å². The molecule has 0 aliphatic heterocycles. The summed E-state index contributed by atoms with van der Waals surface area (Å²) in [4.78, 5) is 26.5. The van der Waals surface area contributed by atoms with Crippen LogP contribution in [0.5, 0.6) is 0 Å². The Morgan fingerprint density at radius 3 is 1.41 bits per heavy atom. The second-order valence-corrected chi connectivity index (χ2v) is 26.5. The van der Waals surface area contributed by atoms with E-state index in [1.807, 2.05) is 36.4 Å². The van der Waals surface area contributed by atoms with Gasteiger partial charge in [-0.3, -0.25) is 0 Å². The molecule has 0 atom stereocenters. The van der Waals surface area contributed by atoms with Crippen LogP contribution in [0.2, 0.25) is 0 Å². The first-order chi connectivity index (χ1) is 49.5. The molecule has 14 aromatic carbocycles. The zero-order valence-electron chi connectivity index (χ0n) is 53.7. The average Bonchev–Trinajstić information content (AvgIpc) is 1.57. The van der Waals surface area contributed by atoms with Gasteiger partial charge < -0.3 is 13.6 Å². The van der Waals surface area contributed by atoms with Crippen LogP contribution in [0, 0.1) is 0 Å². The van der Waals surface area contributed by atoms with E-state index in [4.69, 9.17) is 29.3 Å². The van der Waals surface area contributed by atoms with Crippen molar-refractivity contribution in [1.29, 1.82) is 0 Å². The quantitative estimate of drug-likeness (QED) is 0.128. The summed E-state index contributed by atoms with van der Waals surface area (Å²) in [6, 6.07) is 118. The van der Waals surface area contributed by atoms with Crippen molar-refractivity contribution in [2.24, 2.45) is 0 Å². The lowest BCUT2D eigenvalue weighted by Gasteiger charge is -2.11. The minimum atomic E-state index is 0.607. The van der Waals surface area contributed by atoms with E-state index in [0.29, 0.717) is 23.3 Å². The molecular weight excluding hydrogens is 1240 g/mol. The van der Waals surface area contributed by atoms with Crippen molar-refractivity contribution in [2.45, 2.75) is 0 Å². The van der Waals surface area contributed by atoms with Gasteiger partial charge in [0.2, 0.25) is 0 Å². The molecule has 9 heteroatoms. The molecule has 0 N–H and O–H groups in total. The number of benzene rings is 14. The maximum atomic E-state index is 6.62. The second-order valence-electron chi connectivity index (χ2n) is 25.5. The molecule has 0 radical (unpaired) electrons. The van der Waals surface area contributed by atoms with Crippen LogP contribution in [0.3, 0.4) is 0 Å². The predicted octanol–water partition coefficient (Wildman–Crippen LogP) is 24.1. The maximum absolute atomic E-state index is 6.62. The number of hydrogen-bond acceptors (Lipinski definition) is 7. The maximum Gasteiger partial charge on any atom is 0.165 e. The summed E-state index contributed by atoms with van der Waals surface area (Å²) in [6.07, 6.45) is 0. The Bertz CT molecular complexity index is 6580. The summed E-state index contributed by atoms with van der Waals surface area (Å²) >= 11 is 1.79. The van der Waals surface area contributed by atoms with E-state index < -0.39 is 0 Å². The standard InChI is InChI=1S/C91H55N7OS/c1-4-19-59(20-5-1)77-55-78(93-90(92-77)73-31-18-36-84-86(73)76-54-67(47-50-83(76)99-84)98-79-33-13-10-27-68(79)69-28-11-14-34-80(69)98)60-43-41-57(42-44-60)56-37-39-58(40-38-56)62-23-16-24-65(51-62)89-94-88(61-21-6-2-7-22-61)95-91(96-89)74-32-17-30-72-71-48-45-64(53-85(71)100-87(72)74)63-46-49-82-75(52-63)70-29-12-15-35-81(70)97(82)66-25-8-3-9-26-66/h1-55H. The average molecular weight is 1290 g/mol. The number of aromatic nitrogens is 7. The number of nitrogens with zero attached hydrogens (tertiary/aromatic N) is 7. The summed E-state index contributed by atoms with van der Waals surface area (Å²) in [5, 5.41) is 9.25. The lowest BCUT2D eigenvalue weighted by Crippen LogP contribution is -2.00. The van der Waals surface area contributed by atoms with Gasteiger partial charge in [-0.1, -0.05) is 243 Å². The van der Waals surface area contributed by atoms with Gasteiger partial charge in [0.05, 0.1) is 33.5 Å². The van der Waals surface area contributed by atoms with Crippen molar-refractivity contribution >= 4 is 97.1 Å². The van der Waals surface area contributed by atoms with Gasteiger partial charge in [0.25, 0.3) is 0 Å². The van der Waals surface area contributed by atoms with Crippen molar-refractivity contribution in [3.8, 4) is 113 Å². The smallest absolute Gasteiger partial charge is 0.165 e. The van der Waals surface area contributed by atoms with Crippen molar-refractivity contribution < 1.29 is 4.42 Å². The molecule has 0 aliphatic carbocycles. The van der Waals surface area contributed by atoms with Crippen LogP contribution in [-0.4, -0.2) is 34.1 Å². The number of thiophene rings is 1. The summed E-state index contributed by atoms with van der Waals surface area (Å²) < 4.78 is 13.7. The van der Waals surface area contributed by atoms with Crippen LogP contribution in [0.1, 0.15) is 0 Å². The van der Waals surface area contributed by atoms with Gasteiger partial charge in [0.1, 0.15) is 11.2 Å². The molecule has 0 fully saturated rings. The number of para-hydroxylation sites is 4. The largest absolute Gasteiger partial charge is 0.456 e. The van der Waals surface area contributed by atoms with Gasteiger partial charge in [0, 0.05) is 97.2 Å². The Kier molecular flexibility index (Phi) is 13.3. The highest BCUT2D eigenvalue weighted by molar-refractivity contribution is 7.26. The summed E-state index contributed by atoms with van der Waals surface area (Å²) in [7, 11) is 0. The summed E-state index contributed by atoms with van der Waals surface area (Å²) in [5.41, 5.74) is 22.5. The third-order valence-electron chi connectivity index (χ3n) is 19.6. The van der Waals surface area contributed by atoms with Gasteiger partial charge in [-0.05, 0) is 124 Å². The zero-order valence-corrected chi connectivity index (χ0v) is 54.5. The molecule has 20 aromatic rings. The van der Waals surface area contributed by atoms with Crippen LogP contribution in [0.15, 0.2) is 338 Å². The molecule has 0 unspecified atom stereocenters. The van der Waals surface area contributed by atoms with Gasteiger partial charge >= 0.3 is 0 Å². The van der Waals surface area contributed by atoms with E-state index in [2.05, 4.69) is 306 Å². The fraction of sp³-hybridized carbons (Fsp3) is 0. The minimum Gasteiger partial charge on any atom is -0.456 e. The summed E-state index contributed by atoms with van der Waals surface area (Å²) in [6.45, 7) is 0. The van der Waals surface area contributed by atoms with Crippen molar-refractivity contribution in [3.05, 3.63) is 334 Å². The van der Waals surface area contributed by atoms with E-state index in [1.54, 1.807) is 11.3 Å². The van der Waals surface area contributed by atoms with Crippen LogP contribution in [0.25, 0.3) is 199 Å². The molecule has 100 heavy (non-hydrogen) atoms. The van der Waals surface area contributed by atoms with Crippen molar-refractivity contribution in [1.82, 2.24) is 34.1 Å². The monoisotopic (exact) mass is 1290 g/mol. The first-order valence-electron chi connectivity index (χ1n) is 33.6. The molecule has 6 aromatic heterocycles. The molecule has 466 valence electrons. The molecule has 0 saturated carbocycles. The fourth-order valence-electron chi connectivity index (χ4n) is 14.8. The second kappa shape index (κ2) is 23.3. The third-order valence-corrected chi connectivity index (χ3v) is 20.8. The fourth-order valence-corrected chi connectivity index (χ4v) is 16.1. The number of fused-ring (bicyclic) bond motifs is 12. The van der Waals surface area contributed by atoms with Crippen LogP contribution >= 0.6 is 11.3 Å². The highest BCUT2D eigenvalue weighted by atomic mass is 32.1. The normalized spacial score (nSPS) is 11.8. The van der Waals surface area contributed by atoms with Gasteiger partial charge in [0.15, 0.2) is 23.3 Å². The topological polar surface area (TPSA) is 87.5 Å². The van der Waals surface area contributed by atoms with E-state index >= 15 is 0 Å². The minimum absolute atomic E-state index is 0.607. The lowest BCUT2D eigenvalue weighted by molar-refractivity contribution is 0.669. The molecular formula is C91H55N7OS. The summed E-state index contributed by atoms with van der Waals surface area (Å²) in [5.74, 6) is 2.48. The molecule has 6 heterocycles. The number of hydrogen-bond donors (Lipinski definition) is 0. The number of furan rings is 1. The van der Waals surface area contributed by atoms with E-state index in [9.17, 15) is 0 Å². The van der Waals surface area contributed by atoms with E-state index in [1.165, 1.54) is 59.2 Å². The first kappa shape index (κ1) is 57.1. The van der Waals surface area contributed by atoms with E-state index in [-0.39, 0.29) is 0 Å².